The molecule has 0 radical (unpaired) electrons. The fourth-order valence-electron chi connectivity index (χ4n) is 1.74. The van der Waals surface area contributed by atoms with Crippen LogP contribution in [0.5, 0.6) is 11.5 Å². The van der Waals surface area contributed by atoms with Crippen molar-refractivity contribution < 1.29 is 19.6 Å². The van der Waals surface area contributed by atoms with Gasteiger partial charge in [0.15, 0.2) is 0 Å². The summed E-state index contributed by atoms with van der Waals surface area (Å²) in [7, 11) is 0. The zero-order valence-electron chi connectivity index (χ0n) is 10.9. The molecule has 108 valence electrons. The Bertz CT molecular complexity index is 697. The molecule has 0 aromatic heterocycles. The van der Waals surface area contributed by atoms with Crippen LogP contribution < -0.4 is 4.74 Å². The third-order valence-electron chi connectivity index (χ3n) is 2.78. The van der Waals surface area contributed by atoms with Gasteiger partial charge in [0.25, 0.3) is 0 Å². The molecule has 0 heterocycles. The van der Waals surface area contributed by atoms with Crippen molar-refractivity contribution in [2.24, 2.45) is 0 Å². The summed E-state index contributed by atoms with van der Waals surface area (Å²) in [6.07, 6.45) is 0. The molecule has 0 unspecified atom stereocenters. The van der Waals surface area contributed by atoms with Gasteiger partial charge in [-0.3, -0.25) is 10.1 Å². The lowest BCUT2D eigenvalue weighted by Crippen LogP contribution is -2.03. The molecule has 0 aliphatic carbocycles. The van der Waals surface area contributed by atoms with E-state index in [4.69, 9.17) is 21.4 Å². The molecule has 0 spiro atoms. The Kier molecular flexibility index (Phi) is 4.09. The molecule has 21 heavy (non-hydrogen) atoms. The molecule has 0 saturated heterocycles. The number of benzene rings is 2. The molecule has 2 rings (SSSR count). The molecule has 2 aromatic rings. The number of hydrogen-bond donors (Lipinski definition) is 1. The number of nitrogens with zero attached hydrogens (tertiary/aromatic N) is 1. The van der Waals surface area contributed by atoms with Crippen molar-refractivity contribution in [2.45, 2.75) is 6.92 Å². The largest absolute Gasteiger partial charge is 0.478 e. The molecule has 0 bridgehead atoms. The number of nitro benzene ring substituents is 1. The lowest BCUT2D eigenvalue weighted by Gasteiger charge is -2.11. The lowest BCUT2D eigenvalue weighted by molar-refractivity contribution is -0.385. The van der Waals surface area contributed by atoms with Crippen LogP contribution in [-0.4, -0.2) is 16.0 Å². The number of halogens is 1. The number of hydrogen-bond acceptors (Lipinski definition) is 4. The quantitative estimate of drug-likeness (QED) is 0.680. The molecule has 2 aromatic carbocycles. The normalized spacial score (nSPS) is 10.2. The maximum absolute atomic E-state index is 11.2. The van der Waals surface area contributed by atoms with Crippen LogP contribution in [0.1, 0.15) is 15.9 Å². The predicted molar refractivity (Wildman–Crippen MR) is 76.3 cm³/mol. The summed E-state index contributed by atoms with van der Waals surface area (Å²) in [5, 5.41) is 20.6. The molecule has 0 saturated carbocycles. The minimum absolute atomic E-state index is 0.263. The average molecular weight is 308 g/mol. The Morgan fingerprint density at radius 1 is 1.33 bits per heavy atom. The average Bonchev–Trinajstić information content (AvgIpc) is 2.42. The van der Waals surface area contributed by atoms with Crippen molar-refractivity contribution in [1.82, 2.24) is 0 Å². The Hall–Kier alpha value is -2.60. The monoisotopic (exact) mass is 307 g/mol. The number of para-hydroxylation sites is 1. The fraction of sp³-hybridized carbons (Fsp3) is 0.0714. The number of rotatable bonds is 4. The maximum Gasteiger partial charge on any atom is 0.339 e. The maximum atomic E-state index is 11.2. The number of nitro groups is 1. The fourth-order valence-corrected chi connectivity index (χ4v) is 1.90. The van der Waals surface area contributed by atoms with Crippen molar-refractivity contribution in [3.8, 4) is 11.5 Å². The van der Waals surface area contributed by atoms with Crippen LogP contribution in [0, 0.1) is 17.0 Å². The van der Waals surface area contributed by atoms with Gasteiger partial charge in [-0.05, 0) is 30.7 Å². The van der Waals surface area contributed by atoms with Crippen LogP contribution in [-0.2, 0) is 0 Å². The van der Waals surface area contributed by atoms with E-state index in [0.29, 0.717) is 10.6 Å². The molecule has 0 atom stereocenters. The number of aromatic carboxylic acids is 1. The van der Waals surface area contributed by atoms with Crippen LogP contribution in [0.4, 0.5) is 5.69 Å². The van der Waals surface area contributed by atoms with E-state index >= 15 is 0 Å². The van der Waals surface area contributed by atoms with Crippen LogP contribution in [0.15, 0.2) is 36.4 Å². The third-order valence-corrected chi connectivity index (χ3v) is 3.02. The highest BCUT2D eigenvalue weighted by molar-refractivity contribution is 6.30. The first kappa shape index (κ1) is 14.8. The molecule has 0 aliphatic rings. The summed E-state index contributed by atoms with van der Waals surface area (Å²) in [5.74, 6) is -1.37. The molecule has 0 fully saturated rings. The van der Waals surface area contributed by atoms with Crippen LogP contribution in [0.2, 0.25) is 5.02 Å². The smallest absolute Gasteiger partial charge is 0.339 e. The number of carboxylic acid groups (broad SMARTS) is 1. The minimum atomic E-state index is -1.31. The summed E-state index contributed by atoms with van der Waals surface area (Å²) in [5.41, 5.74) is -0.0354. The molecular weight excluding hydrogens is 298 g/mol. The molecular formula is C14H10ClNO5. The first-order valence-electron chi connectivity index (χ1n) is 5.85. The summed E-state index contributed by atoms with van der Waals surface area (Å²) >= 11 is 5.86. The van der Waals surface area contributed by atoms with Crippen molar-refractivity contribution >= 4 is 23.3 Å². The molecule has 6 nitrogen and oxygen atoms in total. The van der Waals surface area contributed by atoms with Gasteiger partial charge < -0.3 is 9.84 Å². The SMILES string of the molecule is Cc1ccc(Cl)cc1Oc1c(C(=O)O)cccc1[N+](=O)[O-]. The third kappa shape index (κ3) is 3.11. The van der Waals surface area contributed by atoms with Gasteiger partial charge in [0.1, 0.15) is 11.3 Å². The first-order chi connectivity index (χ1) is 9.90. The van der Waals surface area contributed by atoms with E-state index in [0.717, 1.165) is 0 Å². The minimum Gasteiger partial charge on any atom is -0.478 e. The first-order valence-corrected chi connectivity index (χ1v) is 6.22. The van der Waals surface area contributed by atoms with Gasteiger partial charge in [-0.15, -0.1) is 0 Å². The molecule has 0 amide bonds. The topological polar surface area (TPSA) is 89.7 Å². The van der Waals surface area contributed by atoms with Gasteiger partial charge in [0.05, 0.1) is 4.92 Å². The van der Waals surface area contributed by atoms with Gasteiger partial charge >= 0.3 is 11.7 Å². The van der Waals surface area contributed by atoms with Gasteiger partial charge in [-0.2, -0.15) is 0 Å². The van der Waals surface area contributed by atoms with Crippen LogP contribution in [0.25, 0.3) is 0 Å². The van der Waals surface area contributed by atoms with Gasteiger partial charge in [0, 0.05) is 11.1 Å². The second-order valence-corrected chi connectivity index (χ2v) is 4.66. The van der Waals surface area contributed by atoms with Gasteiger partial charge in [-0.25, -0.2) is 4.79 Å². The van der Waals surface area contributed by atoms with E-state index in [1.165, 1.54) is 24.3 Å². The predicted octanol–water partition coefficient (Wildman–Crippen LogP) is 4.05. The van der Waals surface area contributed by atoms with Gasteiger partial charge in [0.2, 0.25) is 5.75 Å². The van der Waals surface area contributed by atoms with E-state index in [1.54, 1.807) is 19.1 Å². The van der Waals surface area contributed by atoms with Crippen molar-refractivity contribution in [1.29, 1.82) is 0 Å². The standard InChI is InChI=1S/C14H10ClNO5/c1-8-5-6-9(15)7-12(8)21-13-10(14(17)18)3-2-4-11(13)16(19)20/h2-7H,1H3,(H,17,18). The van der Waals surface area contributed by atoms with E-state index in [2.05, 4.69) is 0 Å². The number of carbonyl (C=O) groups is 1. The van der Waals surface area contributed by atoms with Crippen molar-refractivity contribution in [3.05, 3.63) is 62.7 Å². The lowest BCUT2D eigenvalue weighted by atomic mass is 10.1. The number of aryl methyl sites for hydroxylation is 1. The van der Waals surface area contributed by atoms with Gasteiger partial charge in [-0.1, -0.05) is 23.7 Å². The Labute approximate surface area is 124 Å². The summed E-state index contributed by atoms with van der Waals surface area (Å²) in [6, 6.07) is 8.50. The summed E-state index contributed by atoms with van der Waals surface area (Å²) in [6.45, 7) is 1.72. The highest BCUT2D eigenvalue weighted by atomic mass is 35.5. The van der Waals surface area contributed by atoms with Crippen molar-refractivity contribution in [3.63, 3.8) is 0 Å². The Morgan fingerprint density at radius 3 is 2.67 bits per heavy atom. The highest BCUT2D eigenvalue weighted by Gasteiger charge is 2.24. The van der Waals surface area contributed by atoms with E-state index in [1.807, 2.05) is 0 Å². The number of ether oxygens (including phenoxy) is 1. The Balaban J connectivity index is 2.59. The van der Waals surface area contributed by atoms with E-state index < -0.39 is 16.6 Å². The zero-order chi connectivity index (χ0) is 15.6. The summed E-state index contributed by atoms with van der Waals surface area (Å²) < 4.78 is 5.47. The molecule has 0 aliphatic heterocycles. The molecule has 1 N–H and O–H groups in total. The highest BCUT2D eigenvalue weighted by Crippen LogP contribution is 2.36. The van der Waals surface area contributed by atoms with Crippen LogP contribution in [0.3, 0.4) is 0 Å². The zero-order valence-corrected chi connectivity index (χ0v) is 11.6. The van der Waals surface area contributed by atoms with Crippen LogP contribution >= 0.6 is 11.6 Å². The van der Waals surface area contributed by atoms with Crippen molar-refractivity contribution in [2.75, 3.05) is 0 Å². The molecule has 7 heteroatoms. The second kappa shape index (κ2) is 5.80. The van der Waals surface area contributed by atoms with E-state index in [9.17, 15) is 14.9 Å². The summed E-state index contributed by atoms with van der Waals surface area (Å²) in [4.78, 5) is 21.6. The van der Waals surface area contributed by atoms with E-state index in [-0.39, 0.29) is 17.1 Å². The number of carboxylic acids is 1. The Morgan fingerprint density at radius 2 is 2.05 bits per heavy atom. The second-order valence-electron chi connectivity index (χ2n) is 4.23.